The van der Waals surface area contributed by atoms with Crippen molar-refractivity contribution in [1.29, 1.82) is 0 Å². The lowest BCUT2D eigenvalue weighted by molar-refractivity contribution is -0.156. The number of rotatable bonds is 2. The van der Waals surface area contributed by atoms with Crippen LogP contribution in [0, 0.1) is 5.41 Å². The Kier molecular flexibility index (Phi) is 3.25. The van der Waals surface area contributed by atoms with E-state index in [9.17, 15) is 9.90 Å². The number of para-hydroxylation sites is 1. The number of carbonyl (C=O) groups excluding carboxylic acids is 1. The maximum absolute atomic E-state index is 12.8. The normalized spacial score (nSPS) is 27.8. The summed E-state index contributed by atoms with van der Waals surface area (Å²) in [4.78, 5) is 14.9. The summed E-state index contributed by atoms with van der Waals surface area (Å²) >= 11 is 0. The summed E-state index contributed by atoms with van der Waals surface area (Å²) in [5.41, 5.74) is 2.26. The maximum Gasteiger partial charge on any atom is 0.321 e. The number of nitrogens with zero attached hydrogens (tertiary/aromatic N) is 1. The van der Waals surface area contributed by atoms with E-state index in [4.69, 9.17) is 4.74 Å². The van der Waals surface area contributed by atoms with Gasteiger partial charge in [0.05, 0.1) is 13.2 Å². The third kappa shape index (κ3) is 1.69. The second-order valence-corrected chi connectivity index (χ2v) is 6.36. The Balaban J connectivity index is 1.96. The lowest BCUT2D eigenvalue weighted by Crippen LogP contribution is -2.40. The van der Waals surface area contributed by atoms with E-state index < -0.39 is 17.5 Å². The number of aliphatic hydroxyl groups is 1. The Morgan fingerprint density at radius 3 is 2.46 bits per heavy atom. The highest BCUT2D eigenvalue weighted by Crippen LogP contribution is 2.63. The second kappa shape index (κ2) is 5.21. The van der Waals surface area contributed by atoms with Crippen molar-refractivity contribution >= 4 is 11.7 Å². The molecule has 4 rings (SSSR count). The molecule has 3 atom stereocenters. The maximum atomic E-state index is 12.8. The van der Waals surface area contributed by atoms with Gasteiger partial charge >= 0.3 is 5.97 Å². The van der Waals surface area contributed by atoms with Gasteiger partial charge in [-0.3, -0.25) is 4.79 Å². The summed E-state index contributed by atoms with van der Waals surface area (Å²) in [6.07, 6.45) is -0.952. The molecule has 2 aromatic carbocycles. The van der Waals surface area contributed by atoms with Crippen molar-refractivity contribution in [3.05, 3.63) is 77.9 Å². The van der Waals surface area contributed by atoms with Gasteiger partial charge in [0.2, 0.25) is 0 Å². The standard InChI is InChI=1S/C20H19NO3/c1-13-12-21(14-8-4-3-5-9-14)17-15-10-6-7-11-16(15)18(22)20(13,17)19(23)24-2/h3-11,17-18,22H,1,12H2,2H3/t17-,18+,20+/m1/s1. The molecule has 1 saturated heterocycles. The number of fused-ring (bicyclic) bond motifs is 3. The fourth-order valence-corrected chi connectivity index (χ4v) is 4.27. The van der Waals surface area contributed by atoms with Gasteiger partial charge in [-0.15, -0.1) is 0 Å². The van der Waals surface area contributed by atoms with E-state index in [0.717, 1.165) is 16.8 Å². The number of hydrogen-bond acceptors (Lipinski definition) is 4. The number of carbonyl (C=O) groups is 1. The Bertz CT molecular complexity index is 817. The highest BCUT2D eigenvalue weighted by molar-refractivity contribution is 5.88. The van der Waals surface area contributed by atoms with Crippen molar-refractivity contribution in [2.75, 3.05) is 18.6 Å². The zero-order valence-corrected chi connectivity index (χ0v) is 13.5. The topological polar surface area (TPSA) is 49.8 Å². The first-order valence-electron chi connectivity index (χ1n) is 7.97. The van der Waals surface area contributed by atoms with Crippen LogP contribution in [0.3, 0.4) is 0 Å². The molecule has 1 fully saturated rings. The van der Waals surface area contributed by atoms with Crippen LogP contribution in [0.2, 0.25) is 0 Å². The predicted octanol–water partition coefficient (Wildman–Crippen LogP) is 3.01. The van der Waals surface area contributed by atoms with Crippen molar-refractivity contribution in [3.63, 3.8) is 0 Å². The first-order chi connectivity index (χ1) is 11.6. The number of ether oxygens (including phenoxy) is 1. The van der Waals surface area contributed by atoms with E-state index in [0.29, 0.717) is 12.1 Å². The zero-order valence-electron chi connectivity index (χ0n) is 13.5. The quantitative estimate of drug-likeness (QED) is 0.682. The molecule has 0 radical (unpaired) electrons. The molecule has 0 saturated carbocycles. The van der Waals surface area contributed by atoms with Crippen LogP contribution >= 0.6 is 0 Å². The molecule has 4 nitrogen and oxygen atoms in total. The average molecular weight is 321 g/mol. The minimum absolute atomic E-state index is 0.314. The molecule has 24 heavy (non-hydrogen) atoms. The summed E-state index contributed by atoms with van der Waals surface area (Å²) < 4.78 is 5.11. The molecule has 0 unspecified atom stereocenters. The average Bonchev–Trinajstić information content (AvgIpc) is 3.08. The molecule has 1 N–H and O–H groups in total. The largest absolute Gasteiger partial charge is 0.468 e. The third-order valence-corrected chi connectivity index (χ3v) is 5.32. The Morgan fingerprint density at radius 2 is 1.79 bits per heavy atom. The van der Waals surface area contributed by atoms with Crippen LogP contribution in [0.15, 0.2) is 66.7 Å². The highest BCUT2D eigenvalue weighted by Gasteiger charge is 2.66. The molecule has 1 heterocycles. The molecule has 1 aliphatic carbocycles. The second-order valence-electron chi connectivity index (χ2n) is 6.36. The van der Waals surface area contributed by atoms with Crippen LogP contribution in [0.5, 0.6) is 0 Å². The lowest BCUT2D eigenvalue weighted by Gasteiger charge is -2.33. The van der Waals surface area contributed by atoms with Crippen molar-refractivity contribution in [2.24, 2.45) is 5.41 Å². The van der Waals surface area contributed by atoms with Gasteiger partial charge in [0.15, 0.2) is 0 Å². The monoisotopic (exact) mass is 321 g/mol. The number of methoxy groups -OCH3 is 1. The summed E-state index contributed by atoms with van der Waals surface area (Å²) in [6.45, 7) is 4.65. The molecular formula is C20H19NO3. The predicted molar refractivity (Wildman–Crippen MR) is 91.5 cm³/mol. The first-order valence-corrected chi connectivity index (χ1v) is 7.97. The van der Waals surface area contributed by atoms with E-state index in [2.05, 4.69) is 11.5 Å². The molecule has 2 aliphatic rings. The van der Waals surface area contributed by atoms with Crippen LogP contribution in [-0.4, -0.2) is 24.7 Å². The lowest BCUT2D eigenvalue weighted by atomic mass is 9.76. The van der Waals surface area contributed by atoms with Gasteiger partial charge in [0.1, 0.15) is 11.5 Å². The number of esters is 1. The van der Waals surface area contributed by atoms with E-state index in [1.165, 1.54) is 7.11 Å². The van der Waals surface area contributed by atoms with E-state index in [-0.39, 0.29) is 6.04 Å². The molecule has 1 aliphatic heterocycles. The third-order valence-electron chi connectivity index (χ3n) is 5.32. The van der Waals surface area contributed by atoms with Gasteiger partial charge < -0.3 is 14.7 Å². The number of anilines is 1. The van der Waals surface area contributed by atoms with Gasteiger partial charge in [-0.1, -0.05) is 49.0 Å². The van der Waals surface area contributed by atoms with E-state index in [1.807, 2.05) is 54.6 Å². The fraction of sp³-hybridized carbons (Fsp3) is 0.250. The van der Waals surface area contributed by atoms with Crippen LogP contribution in [-0.2, 0) is 9.53 Å². The van der Waals surface area contributed by atoms with Crippen LogP contribution in [0.1, 0.15) is 23.3 Å². The van der Waals surface area contributed by atoms with Gasteiger partial charge in [-0.25, -0.2) is 0 Å². The minimum atomic E-state index is -1.16. The van der Waals surface area contributed by atoms with E-state index in [1.54, 1.807) is 0 Å². The SMILES string of the molecule is C=C1CN(c2ccccc2)[C@@H]2c3ccccc3[C@H](O)[C@]12C(=O)OC. The van der Waals surface area contributed by atoms with Gasteiger partial charge in [-0.05, 0) is 28.8 Å². The van der Waals surface area contributed by atoms with E-state index >= 15 is 0 Å². The Labute approximate surface area is 141 Å². The first kappa shape index (κ1) is 15.0. The molecule has 0 aromatic heterocycles. The molecule has 4 heteroatoms. The number of hydrogen-bond donors (Lipinski definition) is 1. The van der Waals surface area contributed by atoms with Crippen LogP contribution in [0.4, 0.5) is 5.69 Å². The van der Waals surface area contributed by atoms with Crippen molar-refractivity contribution in [1.82, 2.24) is 0 Å². The molecule has 122 valence electrons. The molecule has 2 aromatic rings. The summed E-state index contributed by atoms with van der Waals surface area (Å²) in [6, 6.07) is 17.3. The van der Waals surface area contributed by atoms with Crippen LogP contribution < -0.4 is 4.90 Å². The van der Waals surface area contributed by atoms with Gasteiger partial charge in [0, 0.05) is 12.2 Å². The summed E-state index contributed by atoms with van der Waals surface area (Å²) in [5.74, 6) is -0.431. The fourth-order valence-electron chi connectivity index (χ4n) is 4.27. The molecular weight excluding hydrogens is 302 g/mol. The minimum Gasteiger partial charge on any atom is -0.468 e. The number of aliphatic hydroxyl groups excluding tert-OH is 1. The van der Waals surface area contributed by atoms with Crippen LogP contribution in [0.25, 0.3) is 0 Å². The molecule has 0 bridgehead atoms. The molecule has 0 spiro atoms. The van der Waals surface area contributed by atoms with Crippen molar-refractivity contribution in [3.8, 4) is 0 Å². The van der Waals surface area contributed by atoms with Gasteiger partial charge in [-0.2, -0.15) is 0 Å². The Morgan fingerprint density at radius 1 is 1.17 bits per heavy atom. The smallest absolute Gasteiger partial charge is 0.321 e. The summed E-state index contributed by atoms with van der Waals surface area (Å²) in [5, 5.41) is 11.1. The van der Waals surface area contributed by atoms with Crippen molar-refractivity contribution < 1.29 is 14.6 Å². The summed E-state index contributed by atoms with van der Waals surface area (Å²) in [7, 11) is 1.36. The Hall–Kier alpha value is -2.59. The zero-order chi connectivity index (χ0) is 16.9. The molecule has 0 amide bonds. The number of benzene rings is 2. The van der Waals surface area contributed by atoms with Crippen molar-refractivity contribution in [2.45, 2.75) is 12.1 Å². The van der Waals surface area contributed by atoms with Gasteiger partial charge in [0.25, 0.3) is 0 Å². The highest BCUT2D eigenvalue weighted by atomic mass is 16.5.